The highest BCUT2D eigenvalue weighted by Gasteiger charge is 2.27. The fourth-order valence-electron chi connectivity index (χ4n) is 3.10. The first kappa shape index (κ1) is 19.8. The van der Waals surface area contributed by atoms with E-state index in [0.29, 0.717) is 42.9 Å². The third kappa shape index (κ3) is 4.66. The highest BCUT2D eigenvalue weighted by Crippen LogP contribution is 2.36. The topological polar surface area (TPSA) is 93.4 Å². The summed E-state index contributed by atoms with van der Waals surface area (Å²) in [5, 5.41) is 21.8. The van der Waals surface area contributed by atoms with Gasteiger partial charge in [-0.2, -0.15) is 5.26 Å². The van der Waals surface area contributed by atoms with E-state index >= 15 is 0 Å². The van der Waals surface area contributed by atoms with E-state index in [2.05, 4.69) is 11.4 Å². The van der Waals surface area contributed by atoms with Gasteiger partial charge in [-0.25, -0.2) is 0 Å². The van der Waals surface area contributed by atoms with E-state index in [9.17, 15) is 14.9 Å². The van der Waals surface area contributed by atoms with E-state index in [0.717, 1.165) is 16.0 Å². The molecular weight excluding hydrogens is 374 g/mol. The number of aliphatic hydroxyl groups excluding tert-OH is 1. The molecule has 0 unspecified atom stereocenters. The van der Waals surface area contributed by atoms with Crippen molar-refractivity contribution in [1.82, 2.24) is 4.90 Å². The summed E-state index contributed by atoms with van der Waals surface area (Å²) >= 11 is 1.35. The molecule has 1 aliphatic rings. The second kappa shape index (κ2) is 9.31. The van der Waals surface area contributed by atoms with Crippen molar-refractivity contribution in [1.29, 1.82) is 5.26 Å². The van der Waals surface area contributed by atoms with Gasteiger partial charge in [-0.3, -0.25) is 9.59 Å². The van der Waals surface area contributed by atoms with E-state index in [1.165, 1.54) is 17.4 Å². The van der Waals surface area contributed by atoms with Crippen LogP contribution >= 0.6 is 11.3 Å². The number of hydrogen-bond acceptors (Lipinski definition) is 5. The Hall–Kier alpha value is -2.95. The number of nitriles is 1. The molecule has 0 atom stereocenters. The monoisotopic (exact) mass is 395 g/mol. The van der Waals surface area contributed by atoms with Crippen molar-refractivity contribution < 1.29 is 14.7 Å². The van der Waals surface area contributed by atoms with Crippen LogP contribution in [0, 0.1) is 11.3 Å². The lowest BCUT2D eigenvalue weighted by Crippen LogP contribution is -2.35. The average molecular weight is 395 g/mol. The molecule has 2 amide bonds. The van der Waals surface area contributed by atoms with E-state index in [1.54, 1.807) is 11.0 Å². The summed E-state index contributed by atoms with van der Waals surface area (Å²) in [6.07, 6.45) is 4.52. The maximum atomic E-state index is 12.3. The third-order valence-corrected chi connectivity index (χ3v) is 5.67. The maximum Gasteiger partial charge on any atom is 0.249 e. The van der Waals surface area contributed by atoms with Gasteiger partial charge in [-0.05, 0) is 30.0 Å². The van der Waals surface area contributed by atoms with Crippen LogP contribution in [0.3, 0.4) is 0 Å². The van der Waals surface area contributed by atoms with E-state index in [4.69, 9.17) is 5.11 Å². The first-order valence-electron chi connectivity index (χ1n) is 9.09. The first-order valence-corrected chi connectivity index (χ1v) is 9.91. The number of rotatable bonds is 6. The third-order valence-electron chi connectivity index (χ3n) is 4.53. The summed E-state index contributed by atoms with van der Waals surface area (Å²) in [4.78, 5) is 27.1. The molecule has 2 N–H and O–H groups in total. The minimum Gasteiger partial charge on any atom is -0.396 e. The zero-order chi connectivity index (χ0) is 19.9. The summed E-state index contributed by atoms with van der Waals surface area (Å²) in [6, 6.07) is 11.7. The molecular formula is C21H21N3O3S. The molecule has 1 aliphatic heterocycles. The molecule has 2 heterocycles. The molecule has 0 saturated carbocycles. The average Bonchev–Trinajstić information content (AvgIpc) is 3.07. The number of fused-ring (bicyclic) bond motifs is 1. The van der Waals surface area contributed by atoms with Crippen molar-refractivity contribution in [2.24, 2.45) is 0 Å². The van der Waals surface area contributed by atoms with Crippen LogP contribution in [-0.4, -0.2) is 35.0 Å². The standard InChI is InChI=1S/C21H21N3O3S/c22-13-17-16-10-11-24(20(27)7-4-12-25)14-18(16)28-21(17)23-19(26)9-8-15-5-2-1-3-6-15/h1-3,5-6,8-9,25H,4,7,10-12,14H2,(H,23,26)/b9-8+. The number of anilines is 1. The van der Waals surface area contributed by atoms with Gasteiger partial charge < -0.3 is 15.3 Å². The summed E-state index contributed by atoms with van der Waals surface area (Å²) < 4.78 is 0. The van der Waals surface area contributed by atoms with Crippen molar-refractivity contribution in [3.8, 4) is 6.07 Å². The van der Waals surface area contributed by atoms with Crippen LogP contribution in [0.25, 0.3) is 6.08 Å². The molecule has 1 aromatic heterocycles. The predicted molar refractivity (Wildman–Crippen MR) is 109 cm³/mol. The van der Waals surface area contributed by atoms with Crippen LogP contribution in [0.4, 0.5) is 5.00 Å². The number of amides is 2. The molecule has 1 aromatic carbocycles. The van der Waals surface area contributed by atoms with Crippen LogP contribution in [0.5, 0.6) is 0 Å². The Bertz CT molecular complexity index is 928. The van der Waals surface area contributed by atoms with Crippen molar-refractivity contribution in [2.45, 2.75) is 25.8 Å². The van der Waals surface area contributed by atoms with Gasteiger partial charge >= 0.3 is 0 Å². The number of nitrogens with one attached hydrogen (secondary N) is 1. The van der Waals surface area contributed by atoms with Gasteiger partial charge in [0.25, 0.3) is 0 Å². The van der Waals surface area contributed by atoms with Crippen LogP contribution in [0.1, 0.15) is 34.4 Å². The summed E-state index contributed by atoms with van der Waals surface area (Å²) in [6.45, 7) is 0.980. The van der Waals surface area contributed by atoms with Crippen LogP contribution in [0.15, 0.2) is 36.4 Å². The molecule has 3 rings (SSSR count). The van der Waals surface area contributed by atoms with E-state index in [-0.39, 0.29) is 18.4 Å². The molecule has 7 heteroatoms. The quantitative estimate of drug-likeness (QED) is 0.736. The van der Waals surface area contributed by atoms with Crippen LogP contribution in [-0.2, 0) is 22.6 Å². The number of carbonyl (C=O) groups excluding carboxylic acids is 2. The minimum absolute atomic E-state index is 0.00277. The molecule has 0 spiro atoms. The Balaban J connectivity index is 1.71. The van der Waals surface area contributed by atoms with Gasteiger partial charge in [0, 0.05) is 30.5 Å². The zero-order valence-corrected chi connectivity index (χ0v) is 16.2. The molecule has 28 heavy (non-hydrogen) atoms. The lowest BCUT2D eigenvalue weighted by atomic mass is 10.0. The molecule has 0 fully saturated rings. The maximum absolute atomic E-state index is 12.3. The number of nitrogens with zero attached hydrogens (tertiary/aromatic N) is 2. The smallest absolute Gasteiger partial charge is 0.249 e. The van der Waals surface area contributed by atoms with E-state index < -0.39 is 0 Å². The molecule has 0 aliphatic carbocycles. The van der Waals surface area contributed by atoms with Crippen LogP contribution < -0.4 is 5.32 Å². The second-order valence-corrected chi connectivity index (χ2v) is 7.55. The van der Waals surface area contributed by atoms with Crippen molar-refractivity contribution in [2.75, 3.05) is 18.5 Å². The number of benzene rings is 1. The highest BCUT2D eigenvalue weighted by atomic mass is 32.1. The normalized spacial score (nSPS) is 13.2. The van der Waals surface area contributed by atoms with Gasteiger partial charge in [-0.1, -0.05) is 30.3 Å². The van der Waals surface area contributed by atoms with Crippen LogP contribution in [0.2, 0.25) is 0 Å². The summed E-state index contributed by atoms with van der Waals surface area (Å²) in [5.74, 6) is -0.294. The van der Waals surface area contributed by atoms with Crippen molar-refractivity contribution >= 4 is 34.2 Å². The predicted octanol–water partition coefficient (Wildman–Crippen LogP) is 2.93. The van der Waals surface area contributed by atoms with Gasteiger partial charge in [-0.15, -0.1) is 11.3 Å². The first-order chi connectivity index (χ1) is 13.6. The summed E-state index contributed by atoms with van der Waals surface area (Å²) in [5.41, 5.74) is 2.32. The van der Waals surface area contributed by atoms with Gasteiger partial charge in [0.05, 0.1) is 12.1 Å². The highest BCUT2D eigenvalue weighted by molar-refractivity contribution is 7.16. The number of carbonyl (C=O) groups is 2. The number of thiophene rings is 1. The molecule has 0 bridgehead atoms. The second-order valence-electron chi connectivity index (χ2n) is 6.45. The Morgan fingerprint density at radius 3 is 2.82 bits per heavy atom. The van der Waals surface area contributed by atoms with Gasteiger partial charge in [0.1, 0.15) is 11.1 Å². The molecule has 144 valence electrons. The number of hydrogen-bond donors (Lipinski definition) is 2. The lowest BCUT2D eigenvalue weighted by molar-refractivity contribution is -0.132. The fraction of sp³-hybridized carbons (Fsp3) is 0.286. The molecule has 0 radical (unpaired) electrons. The molecule has 2 aromatic rings. The zero-order valence-electron chi connectivity index (χ0n) is 15.4. The Kier molecular flexibility index (Phi) is 6.58. The lowest BCUT2D eigenvalue weighted by Gasteiger charge is -2.27. The Labute approximate surface area is 167 Å². The Morgan fingerprint density at radius 1 is 1.32 bits per heavy atom. The van der Waals surface area contributed by atoms with Crippen molar-refractivity contribution in [3.63, 3.8) is 0 Å². The van der Waals surface area contributed by atoms with Crippen molar-refractivity contribution in [3.05, 3.63) is 58.0 Å². The summed E-state index contributed by atoms with van der Waals surface area (Å²) in [7, 11) is 0. The minimum atomic E-state index is -0.296. The fourth-order valence-corrected chi connectivity index (χ4v) is 4.32. The largest absolute Gasteiger partial charge is 0.396 e. The Morgan fingerprint density at radius 2 is 2.11 bits per heavy atom. The number of aliphatic hydroxyl groups is 1. The van der Waals surface area contributed by atoms with E-state index in [1.807, 2.05) is 30.3 Å². The van der Waals surface area contributed by atoms with Gasteiger partial charge in [0.15, 0.2) is 0 Å². The molecule has 6 nitrogen and oxygen atoms in total. The SMILES string of the molecule is N#Cc1c(NC(=O)/C=C/c2ccccc2)sc2c1CCN(C(=O)CCCO)C2. The molecule has 0 saturated heterocycles. The van der Waals surface area contributed by atoms with Gasteiger partial charge in [0.2, 0.25) is 11.8 Å².